The largest absolute Gasteiger partial charge is 0.496 e. The van der Waals surface area contributed by atoms with Crippen LogP contribution in [0, 0.1) is 21.4 Å². The molecule has 2 atom stereocenters. The molecular weight excluding hydrogens is 228 g/mol. The van der Waals surface area contributed by atoms with Crippen molar-refractivity contribution in [3.63, 3.8) is 0 Å². The summed E-state index contributed by atoms with van der Waals surface area (Å²) in [5.41, 5.74) is -0.0867. The van der Waals surface area contributed by atoms with Gasteiger partial charge in [-0.1, -0.05) is 0 Å². The summed E-state index contributed by atoms with van der Waals surface area (Å²) in [7, 11) is 1.27. The third-order valence-corrected chi connectivity index (χ3v) is 2.18. The highest BCUT2D eigenvalue weighted by Gasteiger charge is 2.23. The highest BCUT2D eigenvalue weighted by Crippen LogP contribution is 2.30. The van der Waals surface area contributed by atoms with Crippen molar-refractivity contribution < 1.29 is 19.9 Å². The fourth-order valence-corrected chi connectivity index (χ4v) is 1.30. The number of methoxy groups -OCH3 is 1. The lowest BCUT2D eigenvalue weighted by molar-refractivity contribution is -0.385. The molecule has 0 aromatic heterocycles. The summed E-state index contributed by atoms with van der Waals surface area (Å²) in [5.74, 6) is 0.0426. The molecule has 0 aliphatic heterocycles. The summed E-state index contributed by atoms with van der Waals surface area (Å²) >= 11 is 0. The van der Waals surface area contributed by atoms with Crippen molar-refractivity contribution in [2.75, 3.05) is 7.11 Å². The Morgan fingerprint density at radius 3 is 2.65 bits per heavy atom. The fraction of sp³-hybridized carbons (Fsp3) is 0.300. The minimum atomic E-state index is -1.62. The molecule has 0 fully saturated rings. The molecular formula is C10H10N2O5. The number of nitriles is 1. The summed E-state index contributed by atoms with van der Waals surface area (Å²) in [6.07, 6.45) is -3.10. The van der Waals surface area contributed by atoms with E-state index in [9.17, 15) is 20.3 Å². The molecule has 1 aromatic carbocycles. The van der Waals surface area contributed by atoms with Gasteiger partial charge in [-0.15, -0.1) is 0 Å². The molecule has 0 amide bonds. The molecule has 17 heavy (non-hydrogen) atoms. The Labute approximate surface area is 96.6 Å². The molecule has 1 rings (SSSR count). The number of hydrogen-bond donors (Lipinski definition) is 2. The zero-order chi connectivity index (χ0) is 13.0. The Hall–Kier alpha value is -2.17. The van der Waals surface area contributed by atoms with Crippen LogP contribution in [0.25, 0.3) is 0 Å². The van der Waals surface area contributed by atoms with Crippen LogP contribution in [-0.4, -0.2) is 28.4 Å². The monoisotopic (exact) mass is 238 g/mol. The minimum Gasteiger partial charge on any atom is -0.496 e. The Morgan fingerprint density at radius 1 is 1.53 bits per heavy atom. The standard InChI is InChI=1S/C10H10N2O5/c1-17-9-4-6(12(15)16)2-3-7(9)10(14)8(13)5-11/h2-4,8,10,13-14H,1H3. The third kappa shape index (κ3) is 2.69. The topological polar surface area (TPSA) is 117 Å². The highest BCUT2D eigenvalue weighted by molar-refractivity contribution is 5.45. The summed E-state index contributed by atoms with van der Waals surface area (Å²) in [5, 5.41) is 37.8. The number of aliphatic hydroxyl groups is 2. The Bertz CT molecular complexity index is 468. The van der Waals surface area contributed by atoms with Crippen molar-refractivity contribution in [2.45, 2.75) is 12.2 Å². The maximum absolute atomic E-state index is 10.5. The van der Waals surface area contributed by atoms with E-state index in [0.29, 0.717) is 0 Å². The van der Waals surface area contributed by atoms with E-state index in [1.807, 2.05) is 0 Å². The molecule has 0 aliphatic carbocycles. The van der Waals surface area contributed by atoms with Crippen molar-refractivity contribution in [3.8, 4) is 11.8 Å². The Balaban J connectivity index is 3.18. The minimum absolute atomic E-state index is 0.0426. The quantitative estimate of drug-likeness (QED) is 0.448. The number of nitro benzene ring substituents is 1. The summed E-state index contributed by atoms with van der Waals surface area (Å²) in [6, 6.07) is 4.98. The van der Waals surface area contributed by atoms with Crippen LogP contribution in [0.15, 0.2) is 18.2 Å². The van der Waals surface area contributed by atoms with Crippen molar-refractivity contribution >= 4 is 5.69 Å². The number of ether oxygens (including phenoxy) is 1. The number of nitrogens with zero attached hydrogens (tertiary/aromatic N) is 2. The molecule has 90 valence electrons. The smallest absolute Gasteiger partial charge is 0.273 e. The summed E-state index contributed by atoms with van der Waals surface area (Å²) in [6.45, 7) is 0. The second-order valence-corrected chi connectivity index (χ2v) is 3.20. The molecule has 0 radical (unpaired) electrons. The van der Waals surface area contributed by atoms with Crippen LogP contribution in [0.4, 0.5) is 5.69 Å². The van der Waals surface area contributed by atoms with Crippen LogP contribution >= 0.6 is 0 Å². The molecule has 2 unspecified atom stereocenters. The van der Waals surface area contributed by atoms with Crippen LogP contribution in [0.1, 0.15) is 11.7 Å². The number of non-ortho nitro benzene ring substituents is 1. The van der Waals surface area contributed by atoms with Crippen molar-refractivity contribution in [3.05, 3.63) is 33.9 Å². The highest BCUT2D eigenvalue weighted by atomic mass is 16.6. The number of benzene rings is 1. The SMILES string of the molecule is COc1cc([N+](=O)[O-])ccc1C(O)C(O)C#N. The van der Waals surface area contributed by atoms with Crippen LogP contribution < -0.4 is 4.74 Å². The van der Waals surface area contributed by atoms with E-state index >= 15 is 0 Å². The Morgan fingerprint density at radius 2 is 2.18 bits per heavy atom. The summed E-state index contributed by atoms with van der Waals surface area (Å²) in [4.78, 5) is 9.91. The molecule has 7 heteroatoms. The number of hydrogen-bond acceptors (Lipinski definition) is 6. The van der Waals surface area contributed by atoms with Gasteiger partial charge in [0.15, 0.2) is 6.10 Å². The van der Waals surface area contributed by atoms with Crippen molar-refractivity contribution in [2.24, 2.45) is 0 Å². The first kappa shape index (κ1) is 12.9. The van der Waals surface area contributed by atoms with E-state index in [2.05, 4.69) is 0 Å². The zero-order valence-electron chi connectivity index (χ0n) is 8.90. The lowest BCUT2D eigenvalue weighted by Gasteiger charge is -2.15. The van der Waals surface area contributed by atoms with Gasteiger partial charge >= 0.3 is 0 Å². The zero-order valence-corrected chi connectivity index (χ0v) is 8.90. The predicted octanol–water partition coefficient (Wildman–Crippen LogP) is 0.521. The van der Waals surface area contributed by atoms with Gasteiger partial charge in [-0.05, 0) is 6.07 Å². The van der Waals surface area contributed by atoms with E-state index in [1.165, 1.54) is 19.2 Å². The lowest BCUT2D eigenvalue weighted by atomic mass is 10.0. The predicted molar refractivity (Wildman–Crippen MR) is 56.2 cm³/mol. The van der Waals surface area contributed by atoms with Gasteiger partial charge in [0, 0.05) is 11.6 Å². The van der Waals surface area contributed by atoms with Gasteiger partial charge in [0.2, 0.25) is 0 Å². The average molecular weight is 238 g/mol. The van der Waals surface area contributed by atoms with E-state index in [1.54, 1.807) is 0 Å². The van der Waals surface area contributed by atoms with Gasteiger partial charge in [0.1, 0.15) is 11.9 Å². The first-order valence-corrected chi connectivity index (χ1v) is 4.59. The second-order valence-electron chi connectivity index (χ2n) is 3.20. The van der Waals surface area contributed by atoms with Gasteiger partial charge in [-0.25, -0.2) is 0 Å². The van der Waals surface area contributed by atoms with Crippen LogP contribution in [0.3, 0.4) is 0 Å². The molecule has 0 bridgehead atoms. The number of aliphatic hydroxyl groups excluding tert-OH is 2. The maximum Gasteiger partial charge on any atom is 0.273 e. The van der Waals surface area contributed by atoms with Gasteiger partial charge in [0.05, 0.1) is 24.2 Å². The van der Waals surface area contributed by atoms with E-state index in [-0.39, 0.29) is 17.0 Å². The van der Waals surface area contributed by atoms with Gasteiger partial charge in [-0.2, -0.15) is 5.26 Å². The van der Waals surface area contributed by atoms with Gasteiger partial charge in [-0.3, -0.25) is 10.1 Å². The van der Waals surface area contributed by atoms with E-state index in [0.717, 1.165) is 12.1 Å². The lowest BCUT2D eigenvalue weighted by Crippen LogP contribution is -2.16. The second kappa shape index (κ2) is 5.25. The molecule has 0 heterocycles. The van der Waals surface area contributed by atoms with Gasteiger partial charge < -0.3 is 14.9 Å². The Kier molecular flexibility index (Phi) is 3.98. The maximum atomic E-state index is 10.5. The third-order valence-electron chi connectivity index (χ3n) is 2.18. The average Bonchev–Trinajstić information content (AvgIpc) is 2.35. The normalized spacial score (nSPS) is 13.5. The molecule has 0 saturated heterocycles. The van der Waals surface area contributed by atoms with E-state index in [4.69, 9.17) is 10.00 Å². The number of nitro groups is 1. The first-order valence-electron chi connectivity index (χ1n) is 4.59. The molecule has 7 nitrogen and oxygen atoms in total. The first-order chi connectivity index (χ1) is 8.01. The fourth-order valence-electron chi connectivity index (χ4n) is 1.30. The van der Waals surface area contributed by atoms with Crippen LogP contribution in [-0.2, 0) is 0 Å². The molecule has 0 spiro atoms. The molecule has 2 N–H and O–H groups in total. The van der Waals surface area contributed by atoms with E-state index < -0.39 is 17.1 Å². The van der Waals surface area contributed by atoms with Crippen LogP contribution in [0.2, 0.25) is 0 Å². The van der Waals surface area contributed by atoms with Crippen LogP contribution in [0.5, 0.6) is 5.75 Å². The molecule has 1 aromatic rings. The number of rotatable bonds is 4. The van der Waals surface area contributed by atoms with Crippen molar-refractivity contribution in [1.82, 2.24) is 0 Å². The van der Waals surface area contributed by atoms with Gasteiger partial charge in [0.25, 0.3) is 5.69 Å². The molecule has 0 saturated carbocycles. The molecule has 0 aliphatic rings. The van der Waals surface area contributed by atoms with Crippen molar-refractivity contribution in [1.29, 1.82) is 5.26 Å². The summed E-state index contributed by atoms with van der Waals surface area (Å²) < 4.78 is 4.87.